The first kappa shape index (κ1) is 15.2. The third-order valence-corrected chi connectivity index (χ3v) is 2.53. The molecule has 0 aliphatic rings. The second kappa shape index (κ2) is 6.89. The number of benzene rings is 1. The Morgan fingerprint density at radius 3 is 2.79 bits per heavy atom. The highest BCUT2D eigenvalue weighted by Gasteiger charge is 2.10. The van der Waals surface area contributed by atoms with Crippen molar-refractivity contribution in [2.75, 3.05) is 25.5 Å². The van der Waals surface area contributed by atoms with Gasteiger partial charge in [-0.1, -0.05) is 12.2 Å². The summed E-state index contributed by atoms with van der Waals surface area (Å²) in [5.74, 6) is -0.854. The van der Waals surface area contributed by atoms with E-state index in [2.05, 4.69) is 11.9 Å². The van der Waals surface area contributed by atoms with Gasteiger partial charge < -0.3 is 15.8 Å². The van der Waals surface area contributed by atoms with Crippen molar-refractivity contribution in [2.24, 2.45) is 0 Å². The number of anilines is 1. The van der Waals surface area contributed by atoms with Crippen molar-refractivity contribution in [1.29, 1.82) is 0 Å². The van der Waals surface area contributed by atoms with Crippen molar-refractivity contribution in [2.45, 2.75) is 13.8 Å². The van der Waals surface area contributed by atoms with E-state index in [1.807, 2.05) is 6.92 Å². The maximum absolute atomic E-state index is 13.4. The normalized spacial score (nSPS) is 10.3. The number of carbonyl (C=O) groups is 1. The molecule has 0 saturated carbocycles. The van der Waals surface area contributed by atoms with Crippen LogP contribution in [0, 0.1) is 12.7 Å². The third kappa shape index (κ3) is 4.71. The maximum atomic E-state index is 13.4. The van der Waals surface area contributed by atoms with Gasteiger partial charge in [0.2, 0.25) is 0 Å². The van der Waals surface area contributed by atoms with Crippen molar-refractivity contribution < 1.29 is 13.9 Å². The van der Waals surface area contributed by atoms with Crippen LogP contribution >= 0.6 is 0 Å². The van der Waals surface area contributed by atoms with Crippen molar-refractivity contribution in [3.8, 4) is 0 Å². The zero-order valence-electron chi connectivity index (χ0n) is 11.3. The molecule has 0 aromatic heterocycles. The van der Waals surface area contributed by atoms with Gasteiger partial charge >= 0.3 is 0 Å². The number of halogens is 1. The predicted octanol–water partition coefficient (Wildman–Crippen LogP) is 2.04. The summed E-state index contributed by atoms with van der Waals surface area (Å²) in [6.45, 7) is 8.31. The van der Waals surface area contributed by atoms with Gasteiger partial charge in [-0.2, -0.15) is 0 Å². The van der Waals surface area contributed by atoms with Crippen LogP contribution in [-0.2, 0) is 4.74 Å². The van der Waals surface area contributed by atoms with Gasteiger partial charge in [-0.15, -0.1) is 0 Å². The molecule has 4 nitrogen and oxygen atoms in total. The minimum Gasteiger partial charge on any atom is -0.398 e. The molecular formula is C14H19FN2O2. The summed E-state index contributed by atoms with van der Waals surface area (Å²) in [6, 6.07) is 2.64. The van der Waals surface area contributed by atoms with Crippen LogP contribution in [0.3, 0.4) is 0 Å². The summed E-state index contributed by atoms with van der Waals surface area (Å²) >= 11 is 0. The molecule has 19 heavy (non-hydrogen) atoms. The van der Waals surface area contributed by atoms with Crippen LogP contribution in [0.2, 0.25) is 0 Å². The highest BCUT2D eigenvalue weighted by atomic mass is 19.1. The summed E-state index contributed by atoms with van der Waals surface area (Å²) in [5.41, 5.74) is 7.36. The van der Waals surface area contributed by atoms with Crippen molar-refractivity contribution in [3.05, 3.63) is 41.2 Å². The number of ether oxygens (including phenoxy) is 1. The molecule has 3 N–H and O–H groups in total. The molecular weight excluding hydrogens is 247 g/mol. The first-order valence-electron chi connectivity index (χ1n) is 5.97. The van der Waals surface area contributed by atoms with Crippen LogP contribution in [0.25, 0.3) is 0 Å². The molecule has 5 heteroatoms. The molecule has 0 saturated heterocycles. The minimum atomic E-state index is -0.483. The number of nitrogens with two attached hydrogens (primary N) is 1. The molecule has 1 aromatic rings. The number of amides is 1. The topological polar surface area (TPSA) is 64.3 Å². The highest BCUT2D eigenvalue weighted by molar-refractivity contribution is 5.95. The smallest absolute Gasteiger partial charge is 0.251 e. The van der Waals surface area contributed by atoms with Crippen LogP contribution < -0.4 is 11.1 Å². The molecule has 0 spiro atoms. The van der Waals surface area contributed by atoms with E-state index in [0.29, 0.717) is 25.3 Å². The number of hydrogen-bond donors (Lipinski definition) is 2. The number of nitrogens with one attached hydrogen (secondary N) is 1. The number of nitrogen functional groups attached to an aromatic ring is 1. The lowest BCUT2D eigenvalue weighted by molar-refractivity contribution is 0.0926. The lowest BCUT2D eigenvalue weighted by Crippen LogP contribution is -2.27. The molecule has 0 atom stereocenters. The quantitative estimate of drug-likeness (QED) is 0.470. The molecule has 0 radical (unpaired) electrons. The van der Waals surface area contributed by atoms with E-state index < -0.39 is 5.82 Å². The second-order valence-electron chi connectivity index (χ2n) is 4.44. The standard InChI is InChI=1S/C14H19FN2O2/c1-9(2)8-19-5-4-17-14(18)11-6-12(15)10(3)13(16)7-11/h6-7H,1,4-5,8,16H2,2-3H3,(H,17,18). The molecule has 0 unspecified atom stereocenters. The largest absolute Gasteiger partial charge is 0.398 e. The average molecular weight is 266 g/mol. The molecule has 1 rings (SSSR count). The average Bonchev–Trinajstić information content (AvgIpc) is 2.34. The molecule has 0 aliphatic carbocycles. The van der Waals surface area contributed by atoms with Crippen molar-refractivity contribution >= 4 is 11.6 Å². The molecule has 0 heterocycles. The van der Waals surface area contributed by atoms with E-state index in [0.717, 1.165) is 5.57 Å². The zero-order valence-corrected chi connectivity index (χ0v) is 11.3. The molecule has 0 fully saturated rings. The van der Waals surface area contributed by atoms with Crippen LogP contribution in [-0.4, -0.2) is 25.7 Å². The van der Waals surface area contributed by atoms with Gasteiger partial charge in [-0.05, 0) is 26.0 Å². The fourth-order valence-corrected chi connectivity index (χ4v) is 1.42. The molecule has 0 aliphatic heterocycles. The van der Waals surface area contributed by atoms with Gasteiger partial charge in [-0.25, -0.2) is 4.39 Å². The first-order chi connectivity index (χ1) is 8.91. The lowest BCUT2D eigenvalue weighted by Gasteiger charge is -2.08. The summed E-state index contributed by atoms with van der Waals surface area (Å²) in [7, 11) is 0. The van der Waals surface area contributed by atoms with Gasteiger partial charge in [0.15, 0.2) is 0 Å². The van der Waals surface area contributed by atoms with Crippen LogP contribution in [0.15, 0.2) is 24.3 Å². The Kier molecular flexibility index (Phi) is 5.51. The van der Waals surface area contributed by atoms with E-state index in [1.54, 1.807) is 6.92 Å². The number of rotatable bonds is 6. The Morgan fingerprint density at radius 2 is 2.21 bits per heavy atom. The van der Waals surface area contributed by atoms with Gasteiger partial charge in [0, 0.05) is 23.4 Å². The molecule has 0 bridgehead atoms. The van der Waals surface area contributed by atoms with E-state index >= 15 is 0 Å². The summed E-state index contributed by atoms with van der Waals surface area (Å²) in [6.07, 6.45) is 0. The Balaban J connectivity index is 2.48. The fraction of sp³-hybridized carbons (Fsp3) is 0.357. The van der Waals surface area contributed by atoms with Crippen LogP contribution in [0.1, 0.15) is 22.8 Å². The fourth-order valence-electron chi connectivity index (χ4n) is 1.42. The van der Waals surface area contributed by atoms with E-state index in [4.69, 9.17) is 10.5 Å². The number of hydrogen-bond acceptors (Lipinski definition) is 3. The first-order valence-corrected chi connectivity index (χ1v) is 5.97. The predicted molar refractivity (Wildman–Crippen MR) is 73.5 cm³/mol. The third-order valence-electron chi connectivity index (χ3n) is 2.53. The van der Waals surface area contributed by atoms with Gasteiger partial charge in [-0.3, -0.25) is 4.79 Å². The summed E-state index contributed by atoms with van der Waals surface area (Å²) < 4.78 is 18.7. The van der Waals surface area contributed by atoms with E-state index in [1.165, 1.54) is 12.1 Å². The second-order valence-corrected chi connectivity index (χ2v) is 4.44. The Labute approximate surface area is 112 Å². The Hall–Kier alpha value is -1.88. The van der Waals surface area contributed by atoms with E-state index in [9.17, 15) is 9.18 Å². The molecule has 1 amide bonds. The minimum absolute atomic E-state index is 0.209. The summed E-state index contributed by atoms with van der Waals surface area (Å²) in [4.78, 5) is 11.8. The lowest BCUT2D eigenvalue weighted by atomic mass is 10.1. The Morgan fingerprint density at radius 1 is 1.53 bits per heavy atom. The molecule has 1 aromatic carbocycles. The van der Waals surface area contributed by atoms with Gasteiger partial charge in [0.25, 0.3) is 5.91 Å². The zero-order chi connectivity index (χ0) is 14.4. The van der Waals surface area contributed by atoms with Crippen molar-refractivity contribution in [3.63, 3.8) is 0 Å². The SMILES string of the molecule is C=C(C)COCCNC(=O)c1cc(N)c(C)c(F)c1. The number of carbonyl (C=O) groups excluding carboxylic acids is 1. The van der Waals surface area contributed by atoms with Crippen LogP contribution in [0.5, 0.6) is 0 Å². The molecule has 104 valence electrons. The monoisotopic (exact) mass is 266 g/mol. The van der Waals surface area contributed by atoms with Crippen molar-refractivity contribution in [1.82, 2.24) is 5.32 Å². The van der Waals surface area contributed by atoms with Crippen LogP contribution in [0.4, 0.5) is 10.1 Å². The van der Waals surface area contributed by atoms with Gasteiger partial charge in [0.05, 0.1) is 13.2 Å². The van der Waals surface area contributed by atoms with Gasteiger partial charge in [0.1, 0.15) is 5.82 Å². The van der Waals surface area contributed by atoms with E-state index in [-0.39, 0.29) is 17.2 Å². The highest BCUT2D eigenvalue weighted by Crippen LogP contribution is 2.17. The summed E-state index contributed by atoms with van der Waals surface area (Å²) in [5, 5.41) is 2.63. The maximum Gasteiger partial charge on any atom is 0.251 e. The Bertz CT molecular complexity index is 463.